The zero-order valence-electron chi connectivity index (χ0n) is 12.9. The summed E-state index contributed by atoms with van der Waals surface area (Å²) in [6.07, 6.45) is 0. The van der Waals surface area contributed by atoms with Crippen molar-refractivity contribution in [3.63, 3.8) is 0 Å². The summed E-state index contributed by atoms with van der Waals surface area (Å²) in [5, 5.41) is 3.91. The van der Waals surface area contributed by atoms with E-state index in [1.165, 1.54) is 0 Å². The van der Waals surface area contributed by atoms with E-state index in [4.69, 9.17) is 4.42 Å². The van der Waals surface area contributed by atoms with Gasteiger partial charge in [-0.3, -0.25) is 4.79 Å². The molecule has 2 aromatic carbocycles. The molecule has 0 unspecified atom stereocenters. The molecule has 3 aromatic rings. The minimum atomic E-state index is -0.223. The molecule has 0 fully saturated rings. The average Bonchev–Trinajstić information content (AvgIpc) is 2.86. The van der Waals surface area contributed by atoms with Crippen LogP contribution in [0.2, 0.25) is 0 Å². The lowest BCUT2D eigenvalue weighted by Crippen LogP contribution is -2.12. The van der Waals surface area contributed by atoms with Crippen molar-refractivity contribution in [2.24, 2.45) is 0 Å². The third-order valence-electron chi connectivity index (χ3n) is 3.54. The van der Waals surface area contributed by atoms with Gasteiger partial charge in [0.1, 0.15) is 5.58 Å². The van der Waals surface area contributed by atoms with Gasteiger partial charge in [0.15, 0.2) is 5.76 Å². The van der Waals surface area contributed by atoms with E-state index in [9.17, 15) is 4.79 Å². The summed E-state index contributed by atoms with van der Waals surface area (Å²) < 4.78 is 6.71. The summed E-state index contributed by atoms with van der Waals surface area (Å²) in [6.45, 7) is 3.99. The first kappa shape index (κ1) is 16.1. The predicted molar refractivity (Wildman–Crippen MR) is 99.4 cm³/mol. The second kappa shape index (κ2) is 6.81. The molecule has 5 heteroatoms. The fourth-order valence-electron chi connectivity index (χ4n) is 2.44. The van der Waals surface area contributed by atoms with Crippen LogP contribution in [0.15, 0.2) is 56.2 Å². The third-order valence-corrected chi connectivity index (χ3v) is 4.99. The summed E-state index contributed by atoms with van der Waals surface area (Å²) in [7, 11) is 0. The van der Waals surface area contributed by atoms with E-state index in [1.807, 2.05) is 49.4 Å². The molecule has 3 nitrogen and oxygen atoms in total. The van der Waals surface area contributed by atoms with Crippen LogP contribution < -0.4 is 5.32 Å². The van der Waals surface area contributed by atoms with E-state index in [0.29, 0.717) is 11.3 Å². The van der Waals surface area contributed by atoms with Crippen molar-refractivity contribution in [1.29, 1.82) is 0 Å². The smallest absolute Gasteiger partial charge is 0.291 e. The summed E-state index contributed by atoms with van der Waals surface area (Å²) in [6, 6.07) is 13.5. The molecule has 0 aliphatic rings. The molecule has 1 heterocycles. The number of fused-ring (bicyclic) bond motifs is 1. The molecular weight excluding hydrogens is 374 g/mol. The Morgan fingerprint density at radius 2 is 2.04 bits per heavy atom. The van der Waals surface area contributed by atoms with Gasteiger partial charge >= 0.3 is 0 Å². The number of nitrogens with one attached hydrogen (secondary N) is 1. The van der Waals surface area contributed by atoms with Crippen LogP contribution in [0, 0.1) is 6.92 Å². The largest absolute Gasteiger partial charge is 0.451 e. The number of rotatable bonds is 4. The maximum atomic E-state index is 12.6. The number of carbonyl (C=O) groups is 1. The van der Waals surface area contributed by atoms with Crippen LogP contribution in [0.3, 0.4) is 0 Å². The predicted octanol–water partition coefficient (Wildman–Crippen LogP) is 5.87. The van der Waals surface area contributed by atoms with Gasteiger partial charge in [-0.05, 0) is 43.0 Å². The minimum Gasteiger partial charge on any atom is -0.451 e. The van der Waals surface area contributed by atoms with Gasteiger partial charge in [-0.15, -0.1) is 11.8 Å². The third kappa shape index (κ3) is 3.31. The maximum Gasteiger partial charge on any atom is 0.291 e. The van der Waals surface area contributed by atoms with Crippen LogP contribution in [-0.2, 0) is 0 Å². The Labute approximate surface area is 147 Å². The van der Waals surface area contributed by atoms with Crippen molar-refractivity contribution < 1.29 is 9.21 Å². The number of anilines is 1. The Morgan fingerprint density at radius 3 is 2.83 bits per heavy atom. The molecule has 0 spiro atoms. The van der Waals surface area contributed by atoms with E-state index in [2.05, 4.69) is 28.2 Å². The number of thioether (sulfide) groups is 1. The fraction of sp³-hybridized carbons (Fsp3) is 0.167. The Balaban J connectivity index is 1.94. The Bertz CT molecular complexity index is 873. The molecule has 3 rings (SSSR count). The number of hydrogen-bond donors (Lipinski definition) is 1. The highest BCUT2D eigenvalue weighted by atomic mass is 79.9. The zero-order chi connectivity index (χ0) is 16.4. The number of carbonyl (C=O) groups excluding carboxylic acids is 1. The molecule has 1 aromatic heterocycles. The highest BCUT2D eigenvalue weighted by molar-refractivity contribution is 9.10. The van der Waals surface area contributed by atoms with Gasteiger partial charge in [-0.1, -0.05) is 35.0 Å². The Kier molecular flexibility index (Phi) is 4.78. The molecule has 0 atom stereocenters. The van der Waals surface area contributed by atoms with Crippen LogP contribution in [0.25, 0.3) is 11.0 Å². The molecular formula is C18H16BrNO2S. The number of halogens is 1. The van der Waals surface area contributed by atoms with Crippen molar-refractivity contribution in [1.82, 2.24) is 0 Å². The maximum absolute atomic E-state index is 12.6. The Morgan fingerprint density at radius 1 is 1.26 bits per heavy atom. The monoisotopic (exact) mass is 389 g/mol. The lowest BCUT2D eigenvalue weighted by Gasteiger charge is -2.09. The number of furan rings is 1. The van der Waals surface area contributed by atoms with Crippen LogP contribution in [0.5, 0.6) is 0 Å². The average molecular weight is 390 g/mol. The van der Waals surface area contributed by atoms with Crippen LogP contribution >= 0.6 is 27.7 Å². The standard InChI is InChI=1S/C18H16BrNO2S/c1-3-23-16-7-5-4-6-14(16)20-18(21)17-11(2)13-10-12(19)8-9-15(13)22-17/h4-10H,3H2,1-2H3,(H,20,21). The topological polar surface area (TPSA) is 42.2 Å². The molecule has 1 N–H and O–H groups in total. The lowest BCUT2D eigenvalue weighted by atomic mass is 10.1. The summed E-state index contributed by atoms with van der Waals surface area (Å²) in [4.78, 5) is 13.7. The fourth-order valence-corrected chi connectivity index (χ4v) is 3.56. The molecule has 118 valence electrons. The van der Waals surface area contributed by atoms with Crippen LogP contribution in [-0.4, -0.2) is 11.7 Å². The highest BCUT2D eigenvalue weighted by Gasteiger charge is 2.18. The van der Waals surface area contributed by atoms with E-state index in [-0.39, 0.29) is 5.91 Å². The first-order valence-electron chi connectivity index (χ1n) is 7.32. The number of benzene rings is 2. The van der Waals surface area contributed by atoms with Gasteiger partial charge in [0.05, 0.1) is 5.69 Å². The molecule has 23 heavy (non-hydrogen) atoms. The lowest BCUT2D eigenvalue weighted by molar-refractivity contribution is 0.0997. The SMILES string of the molecule is CCSc1ccccc1NC(=O)c1oc2ccc(Br)cc2c1C. The van der Waals surface area contributed by atoms with Gasteiger partial charge in [0.2, 0.25) is 0 Å². The van der Waals surface area contributed by atoms with E-state index in [0.717, 1.165) is 31.8 Å². The molecule has 0 aliphatic carbocycles. The minimum absolute atomic E-state index is 0.223. The quantitative estimate of drug-likeness (QED) is 0.567. The number of amides is 1. The molecule has 1 amide bonds. The molecule has 0 aliphatic heterocycles. The molecule has 0 saturated heterocycles. The first-order valence-corrected chi connectivity index (χ1v) is 9.10. The van der Waals surface area contributed by atoms with Crippen molar-refractivity contribution in [3.8, 4) is 0 Å². The van der Waals surface area contributed by atoms with Gasteiger partial charge in [-0.2, -0.15) is 0 Å². The Hall–Kier alpha value is -1.72. The van der Waals surface area contributed by atoms with E-state index >= 15 is 0 Å². The van der Waals surface area contributed by atoms with Crippen molar-refractivity contribution in [2.75, 3.05) is 11.1 Å². The normalized spacial score (nSPS) is 10.9. The number of hydrogen-bond acceptors (Lipinski definition) is 3. The molecule has 0 saturated carbocycles. The molecule has 0 radical (unpaired) electrons. The van der Waals surface area contributed by atoms with Crippen molar-refractivity contribution in [3.05, 3.63) is 58.3 Å². The second-order valence-corrected chi connectivity index (χ2v) is 7.30. The van der Waals surface area contributed by atoms with Crippen LogP contribution in [0.1, 0.15) is 23.0 Å². The van der Waals surface area contributed by atoms with E-state index < -0.39 is 0 Å². The summed E-state index contributed by atoms with van der Waals surface area (Å²) in [5.41, 5.74) is 2.37. The van der Waals surface area contributed by atoms with E-state index in [1.54, 1.807) is 11.8 Å². The van der Waals surface area contributed by atoms with Crippen LogP contribution in [0.4, 0.5) is 5.69 Å². The van der Waals surface area contributed by atoms with Crippen molar-refractivity contribution in [2.45, 2.75) is 18.7 Å². The molecule has 0 bridgehead atoms. The highest BCUT2D eigenvalue weighted by Crippen LogP contribution is 2.30. The number of aryl methyl sites for hydroxylation is 1. The van der Waals surface area contributed by atoms with Gasteiger partial charge in [-0.25, -0.2) is 0 Å². The van der Waals surface area contributed by atoms with Crippen molar-refractivity contribution >= 4 is 50.3 Å². The van der Waals surface area contributed by atoms with Gasteiger partial charge < -0.3 is 9.73 Å². The van der Waals surface area contributed by atoms with Gasteiger partial charge in [0.25, 0.3) is 5.91 Å². The first-order chi connectivity index (χ1) is 11.1. The zero-order valence-corrected chi connectivity index (χ0v) is 15.3. The van der Waals surface area contributed by atoms with Gasteiger partial charge in [0, 0.05) is 20.3 Å². The number of para-hydroxylation sites is 1. The summed E-state index contributed by atoms with van der Waals surface area (Å²) >= 11 is 5.15. The second-order valence-electron chi connectivity index (χ2n) is 5.08. The summed E-state index contributed by atoms with van der Waals surface area (Å²) in [5.74, 6) is 1.08.